The molecule has 0 spiro atoms. The molecule has 5 heteroatoms. The molecule has 0 aliphatic carbocycles. The smallest absolute Gasteiger partial charge is 0.225 e. The summed E-state index contributed by atoms with van der Waals surface area (Å²) in [6.45, 7) is 5.94. The Bertz CT molecular complexity index is 495. The summed E-state index contributed by atoms with van der Waals surface area (Å²) < 4.78 is 0. The van der Waals surface area contributed by atoms with Crippen molar-refractivity contribution in [2.75, 3.05) is 5.33 Å². The van der Waals surface area contributed by atoms with Crippen LogP contribution in [0, 0.1) is 5.41 Å². The van der Waals surface area contributed by atoms with Gasteiger partial charge in [-0.3, -0.25) is 9.59 Å². The van der Waals surface area contributed by atoms with Gasteiger partial charge in [0, 0.05) is 17.5 Å². The zero-order valence-electron chi connectivity index (χ0n) is 11.2. The average molecular weight is 347 g/mol. The van der Waals surface area contributed by atoms with Crippen LogP contribution in [0.25, 0.3) is 0 Å². The van der Waals surface area contributed by atoms with Gasteiger partial charge in [-0.15, -0.1) is 0 Å². The molecule has 1 aromatic rings. The average Bonchev–Trinajstić information content (AvgIpc) is 2.35. The highest BCUT2D eigenvalue weighted by atomic mass is 79.9. The summed E-state index contributed by atoms with van der Waals surface area (Å²) in [5.74, 6) is -0.107. The SMILES string of the molecule is CC(C)(C)C(=O)NCc1ccc(Cl)c(C(=O)CBr)c1. The summed E-state index contributed by atoms with van der Waals surface area (Å²) in [6, 6.07) is 5.20. The fourth-order valence-corrected chi connectivity index (χ4v) is 1.94. The van der Waals surface area contributed by atoms with Gasteiger partial charge < -0.3 is 5.32 Å². The maximum atomic E-state index is 11.8. The van der Waals surface area contributed by atoms with Crippen LogP contribution in [0.1, 0.15) is 36.7 Å². The van der Waals surface area contributed by atoms with E-state index >= 15 is 0 Å². The Morgan fingerprint density at radius 3 is 2.47 bits per heavy atom. The van der Waals surface area contributed by atoms with Crippen LogP contribution in [0.5, 0.6) is 0 Å². The number of hydrogen-bond acceptors (Lipinski definition) is 2. The largest absolute Gasteiger partial charge is 0.352 e. The highest BCUT2D eigenvalue weighted by Gasteiger charge is 2.20. The predicted octanol–water partition coefficient (Wildman–Crippen LogP) is 3.58. The molecule has 0 bridgehead atoms. The third kappa shape index (κ3) is 4.62. The molecule has 19 heavy (non-hydrogen) atoms. The van der Waals surface area contributed by atoms with E-state index in [4.69, 9.17) is 11.6 Å². The number of rotatable bonds is 4. The second-order valence-corrected chi connectivity index (χ2v) is 6.27. The van der Waals surface area contributed by atoms with Gasteiger partial charge in [0.05, 0.1) is 10.4 Å². The van der Waals surface area contributed by atoms with Crippen molar-refractivity contribution in [2.45, 2.75) is 27.3 Å². The Kier molecular flexibility index (Phi) is 5.56. The first-order valence-electron chi connectivity index (χ1n) is 5.91. The van der Waals surface area contributed by atoms with E-state index in [0.29, 0.717) is 17.1 Å². The summed E-state index contributed by atoms with van der Waals surface area (Å²) >= 11 is 9.10. The van der Waals surface area contributed by atoms with Crippen LogP contribution in [-0.2, 0) is 11.3 Å². The summed E-state index contributed by atoms with van der Waals surface area (Å²) in [5.41, 5.74) is 0.897. The van der Waals surface area contributed by atoms with E-state index in [2.05, 4.69) is 21.2 Å². The van der Waals surface area contributed by atoms with Crippen LogP contribution in [0.3, 0.4) is 0 Å². The predicted molar refractivity (Wildman–Crippen MR) is 80.9 cm³/mol. The number of amides is 1. The second-order valence-electron chi connectivity index (χ2n) is 5.30. The topological polar surface area (TPSA) is 46.2 Å². The van der Waals surface area contributed by atoms with E-state index in [-0.39, 0.29) is 17.0 Å². The Morgan fingerprint density at radius 1 is 1.32 bits per heavy atom. The molecule has 0 radical (unpaired) electrons. The number of carbonyl (C=O) groups is 2. The lowest BCUT2D eigenvalue weighted by molar-refractivity contribution is -0.128. The molecule has 1 aromatic carbocycles. The molecule has 0 aromatic heterocycles. The van der Waals surface area contributed by atoms with E-state index in [1.165, 1.54) is 0 Å². The van der Waals surface area contributed by atoms with Gasteiger partial charge in [-0.05, 0) is 17.7 Å². The van der Waals surface area contributed by atoms with Crippen molar-refractivity contribution in [3.8, 4) is 0 Å². The Labute approximate surface area is 126 Å². The van der Waals surface area contributed by atoms with Gasteiger partial charge in [0.2, 0.25) is 5.91 Å². The first-order chi connectivity index (χ1) is 8.75. The van der Waals surface area contributed by atoms with Crippen molar-refractivity contribution in [3.05, 3.63) is 34.3 Å². The Balaban J connectivity index is 2.81. The van der Waals surface area contributed by atoms with Crippen molar-refractivity contribution in [2.24, 2.45) is 5.41 Å². The lowest BCUT2D eigenvalue weighted by atomic mass is 9.95. The van der Waals surface area contributed by atoms with Crippen molar-refractivity contribution < 1.29 is 9.59 Å². The molecule has 1 rings (SSSR count). The molecular weight excluding hydrogens is 330 g/mol. The molecule has 104 valence electrons. The quantitative estimate of drug-likeness (QED) is 0.669. The van der Waals surface area contributed by atoms with Gasteiger partial charge in [0.15, 0.2) is 5.78 Å². The summed E-state index contributed by atoms with van der Waals surface area (Å²) in [5, 5.41) is 3.49. The minimum atomic E-state index is -0.430. The molecule has 0 aliphatic rings. The number of ketones is 1. The third-order valence-electron chi connectivity index (χ3n) is 2.59. The molecule has 0 aliphatic heterocycles. The van der Waals surface area contributed by atoms with Crippen molar-refractivity contribution >= 4 is 39.2 Å². The number of hydrogen-bond donors (Lipinski definition) is 1. The molecule has 1 N–H and O–H groups in total. The summed E-state index contributed by atoms with van der Waals surface area (Å²) in [4.78, 5) is 23.4. The Morgan fingerprint density at radius 2 is 1.95 bits per heavy atom. The lowest BCUT2D eigenvalue weighted by Gasteiger charge is -2.17. The molecule has 3 nitrogen and oxygen atoms in total. The third-order valence-corrected chi connectivity index (χ3v) is 3.43. The normalized spacial score (nSPS) is 11.2. The molecule has 0 saturated carbocycles. The molecule has 0 atom stereocenters. The molecule has 1 amide bonds. The van der Waals surface area contributed by atoms with Crippen molar-refractivity contribution in [3.63, 3.8) is 0 Å². The fraction of sp³-hybridized carbons (Fsp3) is 0.429. The van der Waals surface area contributed by atoms with Gasteiger partial charge in [-0.25, -0.2) is 0 Å². The first kappa shape index (κ1) is 16.2. The van der Waals surface area contributed by atoms with Crippen molar-refractivity contribution in [1.82, 2.24) is 5.32 Å². The summed E-state index contributed by atoms with van der Waals surface area (Å²) in [7, 11) is 0. The molecule has 0 heterocycles. The number of carbonyl (C=O) groups excluding carboxylic acids is 2. The maximum absolute atomic E-state index is 11.8. The number of alkyl halides is 1. The lowest BCUT2D eigenvalue weighted by Crippen LogP contribution is -2.34. The zero-order chi connectivity index (χ0) is 14.6. The van der Waals surface area contributed by atoms with Gasteiger partial charge >= 0.3 is 0 Å². The zero-order valence-corrected chi connectivity index (χ0v) is 13.6. The molecular formula is C14H17BrClNO2. The summed E-state index contributed by atoms with van der Waals surface area (Å²) in [6.07, 6.45) is 0. The van der Waals surface area contributed by atoms with E-state index in [9.17, 15) is 9.59 Å². The second kappa shape index (κ2) is 6.53. The van der Waals surface area contributed by atoms with Gasteiger partial charge in [0.1, 0.15) is 0 Å². The van der Waals surface area contributed by atoms with E-state index in [0.717, 1.165) is 5.56 Å². The minimum Gasteiger partial charge on any atom is -0.352 e. The van der Waals surface area contributed by atoms with Crippen LogP contribution in [0.4, 0.5) is 0 Å². The first-order valence-corrected chi connectivity index (χ1v) is 7.41. The standard InChI is InChI=1S/C14H17BrClNO2/c1-14(2,3)13(19)17-8-9-4-5-11(16)10(6-9)12(18)7-15/h4-6H,7-8H2,1-3H3,(H,17,19). The van der Waals surface area contributed by atoms with E-state index in [1.807, 2.05) is 20.8 Å². The van der Waals surface area contributed by atoms with Gasteiger partial charge in [0.25, 0.3) is 0 Å². The number of benzene rings is 1. The highest BCUT2D eigenvalue weighted by molar-refractivity contribution is 9.09. The van der Waals surface area contributed by atoms with Crippen molar-refractivity contribution in [1.29, 1.82) is 0 Å². The molecule has 0 saturated heterocycles. The van der Waals surface area contributed by atoms with Crippen LogP contribution in [-0.4, -0.2) is 17.0 Å². The maximum Gasteiger partial charge on any atom is 0.225 e. The number of Topliss-reactive ketones (excluding diaryl/α,β-unsaturated/α-hetero) is 1. The van der Waals surface area contributed by atoms with Crippen LogP contribution in [0.15, 0.2) is 18.2 Å². The van der Waals surface area contributed by atoms with Gasteiger partial charge in [-0.2, -0.15) is 0 Å². The van der Waals surface area contributed by atoms with Crippen LogP contribution < -0.4 is 5.32 Å². The number of nitrogens with one attached hydrogen (secondary N) is 1. The molecule has 0 unspecified atom stereocenters. The fourth-order valence-electron chi connectivity index (χ4n) is 1.42. The van der Waals surface area contributed by atoms with E-state index < -0.39 is 5.41 Å². The van der Waals surface area contributed by atoms with Crippen LogP contribution >= 0.6 is 27.5 Å². The van der Waals surface area contributed by atoms with Crippen LogP contribution in [0.2, 0.25) is 5.02 Å². The van der Waals surface area contributed by atoms with Gasteiger partial charge in [-0.1, -0.05) is 54.4 Å². The Hall–Kier alpha value is -0.870. The monoisotopic (exact) mass is 345 g/mol. The minimum absolute atomic E-state index is 0.0316. The van der Waals surface area contributed by atoms with E-state index in [1.54, 1.807) is 18.2 Å². The molecule has 0 fully saturated rings. The number of halogens is 2. The highest BCUT2D eigenvalue weighted by Crippen LogP contribution is 2.19.